The van der Waals surface area contributed by atoms with Gasteiger partial charge in [-0.15, -0.1) is 12.4 Å². The summed E-state index contributed by atoms with van der Waals surface area (Å²) in [6, 6.07) is 20.7. The Morgan fingerprint density at radius 3 is 2.27 bits per heavy atom. The molecular weight excluding hydrogens is 573 g/mol. The molecule has 4 aromatic rings. The third kappa shape index (κ3) is 6.17. The van der Waals surface area contributed by atoms with Crippen molar-refractivity contribution in [2.45, 2.75) is 19.4 Å². The number of methoxy groups -OCH3 is 1. The fraction of sp³-hybridized carbons (Fsp3) is 0.267. The van der Waals surface area contributed by atoms with Crippen molar-refractivity contribution in [1.29, 1.82) is 0 Å². The zero-order chi connectivity index (χ0) is 27.5. The second kappa shape index (κ2) is 12.9. The molecule has 1 aromatic heterocycles. The molecular formula is C30H30Cl3N3O4. The van der Waals surface area contributed by atoms with Crippen LogP contribution in [0, 0.1) is 0 Å². The number of halogens is 3. The summed E-state index contributed by atoms with van der Waals surface area (Å²) in [5.41, 5.74) is 4.29. The van der Waals surface area contributed by atoms with E-state index in [2.05, 4.69) is 4.90 Å². The number of rotatable bonds is 8. The van der Waals surface area contributed by atoms with Crippen molar-refractivity contribution in [1.82, 2.24) is 9.47 Å². The Morgan fingerprint density at radius 2 is 1.60 bits per heavy atom. The number of fused-ring (bicyclic) bond motifs is 1. The van der Waals surface area contributed by atoms with E-state index >= 15 is 0 Å². The first-order chi connectivity index (χ1) is 18.9. The zero-order valence-electron chi connectivity index (χ0n) is 22.0. The van der Waals surface area contributed by atoms with Gasteiger partial charge in [0, 0.05) is 53.5 Å². The highest BCUT2D eigenvalue weighted by atomic mass is 35.5. The van der Waals surface area contributed by atoms with Crippen LogP contribution < -0.4 is 9.64 Å². The van der Waals surface area contributed by atoms with Gasteiger partial charge in [-0.3, -0.25) is 9.59 Å². The minimum atomic E-state index is -0.951. The van der Waals surface area contributed by atoms with Gasteiger partial charge in [0.1, 0.15) is 12.3 Å². The summed E-state index contributed by atoms with van der Waals surface area (Å²) < 4.78 is 7.29. The molecule has 3 aromatic carbocycles. The number of carbonyl (C=O) groups is 2. The fourth-order valence-corrected chi connectivity index (χ4v) is 5.66. The normalized spacial score (nSPS) is 13.3. The molecule has 0 radical (unpaired) electrons. The van der Waals surface area contributed by atoms with Gasteiger partial charge in [-0.1, -0.05) is 47.5 Å². The van der Waals surface area contributed by atoms with Crippen LogP contribution in [0.5, 0.6) is 5.75 Å². The number of ether oxygens (including phenoxy) is 1. The second-order valence-corrected chi connectivity index (χ2v) is 10.4. The van der Waals surface area contributed by atoms with Crippen LogP contribution in [0.3, 0.4) is 0 Å². The van der Waals surface area contributed by atoms with Crippen molar-refractivity contribution in [3.8, 4) is 17.0 Å². The number of aromatic nitrogens is 1. The molecule has 0 saturated carbocycles. The van der Waals surface area contributed by atoms with E-state index in [0.717, 1.165) is 52.3 Å². The summed E-state index contributed by atoms with van der Waals surface area (Å²) in [7, 11) is 1.66. The number of anilines is 1. The Labute approximate surface area is 249 Å². The van der Waals surface area contributed by atoms with Gasteiger partial charge in [-0.05, 0) is 60.0 Å². The molecule has 1 aliphatic rings. The number of amides is 1. The van der Waals surface area contributed by atoms with E-state index in [1.165, 1.54) is 0 Å². The Hall–Kier alpha value is -3.39. The molecule has 0 atom stereocenters. The largest absolute Gasteiger partial charge is 0.495 e. The number of aryl methyl sites for hydroxylation is 1. The number of carbonyl (C=O) groups excluding carboxylic acids is 1. The van der Waals surface area contributed by atoms with Crippen LogP contribution in [0.2, 0.25) is 10.0 Å². The molecule has 0 bridgehead atoms. The van der Waals surface area contributed by atoms with Crippen LogP contribution in [0.25, 0.3) is 22.2 Å². The molecule has 0 aliphatic carbocycles. The third-order valence-corrected chi connectivity index (χ3v) is 7.68. The molecule has 7 nitrogen and oxygen atoms in total. The van der Waals surface area contributed by atoms with Crippen LogP contribution in [-0.4, -0.2) is 59.7 Å². The number of carboxylic acids is 1. The number of carboxylic acid groups (broad SMARTS) is 1. The quantitative estimate of drug-likeness (QED) is 0.252. The van der Waals surface area contributed by atoms with Crippen LogP contribution >= 0.6 is 35.6 Å². The van der Waals surface area contributed by atoms with Gasteiger partial charge in [0.05, 0.1) is 18.5 Å². The summed E-state index contributed by atoms with van der Waals surface area (Å²) in [6.07, 6.45) is 0.751. The molecule has 5 rings (SSSR count). The van der Waals surface area contributed by atoms with Crippen LogP contribution in [-0.2, 0) is 22.6 Å². The molecule has 1 saturated heterocycles. The van der Waals surface area contributed by atoms with Crippen molar-refractivity contribution in [2.75, 3.05) is 38.2 Å². The molecule has 1 N–H and O–H groups in total. The van der Waals surface area contributed by atoms with E-state index in [-0.39, 0.29) is 24.9 Å². The Balaban J connectivity index is 0.00000370. The van der Waals surface area contributed by atoms with Gasteiger partial charge < -0.3 is 24.2 Å². The minimum absolute atomic E-state index is 0. The first kappa shape index (κ1) is 29.6. The monoisotopic (exact) mass is 601 g/mol. The van der Waals surface area contributed by atoms with Crippen molar-refractivity contribution < 1.29 is 19.4 Å². The second-order valence-electron chi connectivity index (χ2n) is 9.52. The van der Waals surface area contributed by atoms with Gasteiger partial charge in [0.25, 0.3) is 0 Å². The van der Waals surface area contributed by atoms with Gasteiger partial charge >= 0.3 is 5.97 Å². The Morgan fingerprint density at radius 1 is 0.925 bits per heavy atom. The van der Waals surface area contributed by atoms with Crippen LogP contribution in [0.1, 0.15) is 12.0 Å². The van der Waals surface area contributed by atoms with E-state index in [1.54, 1.807) is 29.9 Å². The van der Waals surface area contributed by atoms with Crippen LogP contribution in [0.4, 0.5) is 5.69 Å². The van der Waals surface area contributed by atoms with Gasteiger partial charge in [-0.25, -0.2) is 0 Å². The van der Waals surface area contributed by atoms with Gasteiger partial charge in [0.15, 0.2) is 0 Å². The van der Waals surface area contributed by atoms with Crippen molar-refractivity contribution in [2.24, 2.45) is 0 Å². The van der Waals surface area contributed by atoms with Crippen molar-refractivity contribution in [3.63, 3.8) is 0 Å². The average molecular weight is 603 g/mol. The lowest BCUT2D eigenvalue weighted by Crippen LogP contribution is -2.48. The molecule has 0 spiro atoms. The molecule has 10 heteroatoms. The lowest BCUT2D eigenvalue weighted by atomic mass is 10.0. The molecule has 2 heterocycles. The molecule has 210 valence electrons. The summed E-state index contributed by atoms with van der Waals surface area (Å²) in [6.45, 7) is 2.46. The lowest BCUT2D eigenvalue weighted by Gasteiger charge is -2.36. The first-order valence-electron chi connectivity index (χ1n) is 12.8. The van der Waals surface area contributed by atoms with E-state index in [9.17, 15) is 14.7 Å². The summed E-state index contributed by atoms with van der Waals surface area (Å²) >= 11 is 12.5. The first-order valence-corrected chi connectivity index (χ1v) is 13.6. The standard InChI is InChI=1S/C30H29Cl2N3O4.ClH/c1-39-27-5-3-2-4-26(27)33-14-16-34(17-15-33)28(36)13-11-23-24-18-22(32)10-12-25(24)35(19-29(37)38)30(23)20-6-8-21(31)9-7-20;/h2-10,12,18H,11,13-17,19H2,1H3,(H,37,38);1H. The Kier molecular flexibility index (Phi) is 9.51. The SMILES string of the molecule is COc1ccccc1N1CCN(C(=O)CCc2c(-c3ccc(Cl)cc3)n(CC(=O)O)c3ccc(Cl)cc23)CC1.Cl. The van der Waals surface area contributed by atoms with Gasteiger partial charge in [0.2, 0.25) is 5.91 Å². The summed E-state index contributed by atoms with van der Waals surface area (Å²) in [5, 5.41) is 11.7. The fourth-order valence-electron chi connectivity index (χ4n) is 5.36. The van der Waals surface area contributed by atoms with E-state index < -0.39 is 5.97 Å². The third-order valence-electron chi connectivity index (χ3n) is 7.19. The number of hydrogen-bond donors (Lipinski definition) is 1. The Bertz CT molecular complexity index is 1510. The van der Waals surface area contributed by atoms with Gasteiger partial charge in [-0.2, -0.15) is 0 Å². The molecule has 40 heavy (non-hydrogen) atoms. The highest BCUT2D eigenvalue weighted by Gasteiger charge is 2.25. The number of benzene rings is 3. The summed E-state index contributed by atoms with van der Waals surface area (Å²) in [5.74, 6) is -0.0612. The molecule has 1 fully saturated rings. The molecule has 1 amide bonds. The van der Waals surface area contributed by atoms with E-state index in [4.69, 9.17) is 27.9 Å². The average Bonchev–Trinajstić information content (AvgIpc) is 3.23. The number of nitrogens with zero attached hydrogens (tertiary/aromatic N) is 3. The topological polar surface area (TPSA) is 75.0 Å². The summed E-state index contributed by atoms with van der Waals surface area (Å²) in [4.78, 5) is 29.3. The van der Waals surface area contributed by atoms with Crippen molar-refractivity contribution >= 4 is 64.1 Å². The molecule has 1 aliphatic heterocycles. The maximum absolute atomic E-state index is 13.4. The maximum atomic E-state index is 13.4. The minimum Gasteiger partial charge on any atom is -0.495 e. The highest BCUT2D eigenvalue weighted by Crippen LogP contribution is 2.37. The number of hydrogen-bond acceptors (Lipinski definition) is 4. The lowest BCUT2D eigenvalue weighted by molar-refractivity contribution is -0.137. The van der Waals surface area contributed by atoms with E-state index in [1.807, 2.05) is 53.4 Å². The smallest absolute Gasteiger partial charge is 0.323 e. The van der Waals surface area contributed by atoms with E-state index in [0.29, 0.717) is 36.0 Å². The van der Waals surface area contributed by atoms with Crippen molar-refractivity contribution in [3.05, 3.63) is 82.3 Å². The predicted octanol–water partition coefficient (Wildman–Crippen LogP) is 6.41. The maximum Gasteiger partial charge on any atom is 0.323 e. The van der Waals surface area contributed by atoms with Crippen LogP contribution in [0.15, 0.2) is 66.7 Å². The highest BCUT2D eigenvalue weighted by molar-refractivity contribution is 6.31. The number of para-hydroxylation sites is 2. The zero-order valence-corrected chi connectivity index (χ0v) is 24.3. The predicted molar refractivity (Wildman–Crippen MR) is 162 cm³/mol. The number of aliphatic carboxylic acids is 1. The molecule has 0 unspecified atom stereocenters. The number of piperazine rings is 1.